The van der Waals surface area contributed by atoms with E-state index in [4.69, 9.17) is 9.47 Å². The van der Waals surface area contributed by atoms with Gasteiger partial charge < -0.3 is 14.8 Å². The summed E-state index contributed by atoms with van der Waals surface area (Å²) in [6.07, 6.45) is 0. The smallest absolute Gasteiger partial charge is 0.335 e. The highest BCUT2D eigenvalue weighted by atomic mass is 16.5. The van der Waals surface area contributed by atoms with Crippen LogP contribution in [-0.2, 0) is 15.1 Å². The predicted molar refractivity (Wildman–Crippen MR) is 82.4 cm³/mol. The van der Waals surface area contributed by atoms with Crippen LogP contribution >= 0.6 is 0 Å². The number of rotatable bonds is 5. The Morgan fingerprint density at radius 2 is 1.62 bits per heavy atom. The quantitative estimate of drug-likeness (QED) is 0.857. The van der Waals surface area contributed by atoms with Crippen LogP contribution in [0.2, 0.25) is 0 Å². The third-order valence-electron chi connectivity index (χ3n) is 3.43. The molecule has 21 heavy (non-hydrogen) atoms. The Morgan fingerprint density at radius 3 is 2.14 bits per heavy atom. The number of ether oxygens (including phenoxy) is 2. The number of carbonyl (C=O) groups is 1. The number of carbonyl (C=O) groups excluding carboxylic acids is 1. The van der Waals surface area contributed by atoms with Gasteiger partial charge in [0.2, 0.25) is 0 Å². The minimum absolute atomic E-state index is 0.350. The van der Waals surface area contributed by atoms with Gasteiger partial charge in [-0.2, -0.15) is 0 Å². The van der Waals surface area contributed by atoms with Crippen molar-refractivity contribution >= 4 is 11.7 Å². The topological polar surface area (TPSA) is 47.6 Å². The summed E-state index contributed by atoms with van der Waals surface area (Å²) in [7, 11) is 2.99. The molecular weight excluding hydrogens is 266 g/mol. The molecule has 0 saturated carbocycles. The molecule has 0 aromatic heterocycles. The SMILES string of the molecule is COC(=O)C(C)(Nc1ccccc1)c1ccc(OC)cc1. The summed E-state index contributed by atoms with van der Waals surface area (Å²) in [6, 6.07) is 16.9. The maximum Gasteiger partial charge on any atom is 0.335 e. The molecule has 0 aliphatic rings. The lowest BCUT2D eigenvalue weighted by Gasteiger charge is -2.29. The van der Waals surface area contributed by atoms with E-state index in [2.05, 4.69) is 5.32 Å². The molecule has 0 amide bonds. The summed E-state index contributed by atoms with van der Waals surface area (Å²) < 4.78 is 10.1. The monoisotopic (exact) mass is 285 g/mol. The molecule has 2 aromatic rings. The maximum atomic E-state index is 12.3. The summed E-state index contributed by atoms with van der Waals surface area (Å²) in [5.41, 5.74) is 0.683. The summed E-state index contributed by atoms with van der Waals surface area (Å²) in [5, 5.41) is 3.24. The van der Waals surface area contributed by atoms with Crippen LogP contribution in [-0.4, -0.2) is 20.2 Å². The van der Waals surface area contributed by atoms with Crippen LogP contribution in [0.15, 0.2) is 54.6 Å². The van der Waals surface area contributed by atoms with Crippen LogP contribution in [0.1, 0.15) is 12.5 Å². The average molecular weight is 285 g/mol. The van der Waals surface area contributed by atoms with E-state index in [1.807, 2.05) is 54.6 Å². The highest BCUT2D eigenvalue weighted by molar-refractivity contribution is 5.85. The fourth-order valence-corrected chi connectivity index (χ4v) is 2.18. The summed E-state index contributed by atoms with van der Waals surface area (Å²) in [5.74, 6) is 0.391. The number of hydrogen-bond acceptors (Lipinski definition) is 4. The molecule has 4 nitrogen and oxygen atoms in total. The van der Waals surface area contributed by atoms with E-state index in [1.54, 1.807) is 14.0 Å². The van der Waals surface area contributed by atoms with Crippen molar-refractivity contribution in [2.45, 2.75) is 12.5 Å². The van der Waals surface area contributed by atoms with Crippen molar-refractivity contribution in [3.8, 4) is 5.75 Å². The first-order valence-corrected chi connectivity index (χ1v) is 6.66. The van der Waals surface area contributed by atoms with Gasteiger partial charge in [-0.05, 0) is 36.8 Å². The highest BCUT2D eigenvalue weighted by Crippen LogP contribution is 2.29. The third kappa shape index (κ3) is 3.16. The van der Waals surface area contributed by atoms with Gasteiger partial charge in [0.1, 0.15) is 5.75 Å². The van der Waals surface area contributed by atoms with Gasteiger partial charge in [0.05, 0.1) is 14.2 Å². The van der Waals surface area contributed by atoms with Gasteiger partial charge in [-0.15, -0.1) is 0 Å². The first-order valence-electron chi connectivity index (χ1n) is 6.66. The molecule has 0 saturated heterocycles. The van der Waals surface area contributed by atoms with Crippen LogP contribution in [0.25, 0.3) is 0 Å². The minimum Gasteiger partial charge on any atom is -0.497 e. The zero-order valence-corrected chi connectivity index (χ0v) is 12.4. The molecule has 0 fully saturated rings. The molecule has 0 aliphatic carbocycles. The highest BCUT2D eigenvalue weighted by Gasteiger charge is 2.36. The Morgan fingerprint density at radius 1 is 1.00 bits per heavy atom. The second-order valence-electron chi connectivity index (χ2n) is 4.84. The zero-order chi connectivity index (χ0) is 15.3. The molecule has 2 aromatic carbocycles. The number of esters is 1. The van der Waals surface area contributed by atoms with E-state index >= 15 is 0 Å². The summed E-state index contributed by atoms with van der Waals surface area (Å²) in [6.45, 7) is 1.80. The van der Waals surface area contributed by atoms with Gasteiger partial charge in [-0.1, -0.05) is 30.3 Å². The van der Waals surface area contributed by atoms with Gasteiger partial charge in [0, 0.05) is 5.69 Å². The Kier molecular flexibility index (Phi) is 4.48. The van der Waals surface area contributed by atoms with Gasteiger partial charge in [-0.3, -0.25) is 0 Å². The number of methoxy groups -OCH3 is 2. The molecule has 0 radical (unpaired) electrons. The fourth-order valence-electron chi connectivity index (χ4n) is 2.18. The molecule has 1 atom stereocenters. The fraction of sp³-hybridized carbons (Fsp3) is 0.235. The zero-order valence-electron chi connectivity index (χ0n) is 12.4. The number of para-hydroxylation sites is 1. The van der Waals surface area contributed by atoms with Crippen molar-refractivity contribution in [1.29, 1.82) is 0 Å². The standard InChI is InChI=1S/C17H19NO3/c1-17(16(19)21-3,18-14-7-5-4-6-8-14)13-9-11-15(20-2)12-10-13/h4-12,18H,1-3H3. The van der Waals surface area contributed by atoms with Gasteiger partial charge in [0.15, 0.2) is 5.54 Å². The molecule has 4 heteroatoms. The van der Waals surface area contributed by atoms with Crippen molar-refractivity contribution < 1.29 is 14.3 Å². The maximum absolute atomic E-state index is 12.3. The molecule has 0 bridgehead atoms. The number of nitrogens with one attached hydrogen (secondary N) is 1. The molecule has 1 N–H and O–H groups in total. The second-order valence-corrected chi connectivity index (χ2v) is 4.84. The van der Waals surface area contributed by atoms with Crippen LogP contribution in [0.5, 0.6) is 5.75 Å². The minimum atomic E-state index is -0.970. The molecule has 2 rings (SSSR count). The molecule has 110 valence electrons. The summed E-state index contributed by atoms with van der Waals surface area (Å²) >= 11 is 0. The Hall–Kier alpha value is -2.49. The molecule has 1 unspecified atom stereocenters. The normalized spacial score (nSPS) is 13.1. The van der Waals surface area contributed by atoms with Crippen molar-refractivity contribution in [3.63, 3.8) is 0 Å². The van der Waals surface area contributed by atoms with E-state index < -0.39 is 5.54 Å². The van der Waals surface area contributed by atoms with Gasteiger partial charge in [0.25, 0.3) is 0 Å². The first-order chi connectivity index (χ1) is 10.1. The lowest BCUT2D eigenvalue weighted by molar-refractivity contribution is -0.145. The van der Waals surface area contributed by atoms with E-state index in [9.17, 15) is 4.79 Å². The lowest BCUT2D eigenvalue weighted by atomic mass is 9.91. The number of anilines is 1. The lowest BCUT2D eigenvalue weighted by Crippen LogP contribution is -2.41. The van der Waals surface area contributed by atoms with Crippen LogP contribution in [0.4, 0.5) is 5.69 Å². The van der Waals surface area contributed by atoms with Crippen molar-refractivity contribution in [3.05, 3.63) is 60.2 Å². The second kappa shape index (κ2) is 6.31. The van der Waals surface area contributed by atoms with Gasteiger partial charge in [-0.25, -0.2) is 4.79 Å². The molecular formula is C17H19NO3. The van der Waals surface area contributed by atoms with E-state index in [0.717, 1.165) is 17.0 Å². The van der Waals surface area contributed by atoms with Crippen LogP contribution < -0.4 is 10.1 Å². The molecule has 0 aliphatic heterocycles. The number of benzene rings is 2. The van der Waals surface area contributed by atoms with E-state index in [-0.39, 0.29) is 5.97 Å². The van der Waals surface area contributed by atoms with Gasteiger partial charge >= 0.3 is 5.97 Å². The summed E-state index contributed by atoms with van der Waals surface area (Å²) in [4.78, 5) is 12.3. The molecule has 0 spiro atoms. The van der Waals surface area contributed by atoms with Crippen LogP contribution in [0.3, 0.4) is 0 Å². The Balaban J connectivity index is 2.38. The van der Waals surface area contributed by atoms with Crippen molar-refractivity contribution in [1.82, 2.24) is 0 Å². The van der Waals surface area contributed by atoms with E-state index in [0.29, 0.717) is 0 Å². The Bertz CT molecular complexity index is 595. The average Bonchev–Trinajstić information content (AvgIpc) is 2.55. The van der Waals surface area contributed by atoms with Crippen molar-refractivity contribution in [2.75, 3.05) is 19.5 Å². The largest absolute Gasteiger partial charge is 0.497 e. The first kappa shape index (κ1) is 14.9. The third-order valence-corrected chi connectivity index (χ3v) is 3.43. The molecule has 0 heterocycles. The van der Waals surface area contributed by atoms with Crippen molar-refractivity contribution in [2.24, 2.45) is 0 Å². The number of hydrogen-bond donors (Lipinski definition) is 1. The van der Waals surface area contributed by atoms with E-state index in [1.165, 1.54) is 7.11 Å². The van der Waals surface area contributed by atoms with Crippen LogP contribution in [0, 0.1) is 0 Å². The Labute approximate surface area is 124 Å². The predicted octanol–water partition coefficient (Wildman–Crippen LogP) is 3.20.